The average molecular weight is 222 g/mol. The lowest BCUT2D eigenvalue weighted by Crippen LogP contribution is -2.16. The second kappa shape index (κ2) is 6.51. The predicted octanol–water partition coefficient (Wildman–Crippen LogP) is 1.78. The maximum Gasteiger partial charge on any atom is 0.124 e. The molecule has 0 saturated carbocycles. The van der Waals surface area contributed by atoms with Gasteiger partial charge in [-0.15, -0.1) is 0 Å². The van der Waals surface area contributed by atoms with Crippen LogP contribution in [0.2, 0.25) is 0 Å². The number of hydrogen-bond acceptors (Lipinski definition) is 3. The largest absolute Gasteiger partial charge is 0.493 e. The minimum atomic E-state index is 0.531. The number of rotatable bonds is 6. The quantitative estimate of drug-likeness (QED) is 0.746. The van der Waals surface area contributed by atoms with Gasteiger partial charge in [0.25, 0.3) is 0 Å². The first kappa shape index (κ1) is 13.0. The van der Waals surface area contributed by atoms with E-state index in [1.165, 1.54) is 5.56 Å². The van der Waals surface area contributed by atoms with Crippen LogP contribution in [0.3, 0.4) is 0 Å². The van der Waals surface area contributed by atoms with Crippen LogP contribution in [-0.4, -0.2) is 32.1 Å². The zero-order chi connectivity index (χ0) is 12.0. The molecule has 2 N–H and O–H groups in total. The molecule has 1 rings (SSSR count). The summed E-state index contributed by atoms with van der Waals surface area (Å²) in [4.78, 5) is 2.16. The smallest absolute Gasteiger partial charge is 0.124 e. The summed E-state index contributed by atoms with van der Waals surface area (Å²) in [7, 11) is 4.13. The van der Waals surface area contributed by atoms with Crippen LogP contribution in [0.4, 0.5) is 0 Å². The fraction of sp³-hybridized carbons (Fsp3) is 0.538. The van der Waals surface area contributed by atoms with Crippen molar-refractivity contribution in [3.63, 3.8) is 0 Å². The van der Waals surface area contributed by atoms with Gasteiger partial charge in [-0.3, -0.25) is 0 Å². The van der Waals surface area contributed by atoms with E-state index in [0.29, 0.717) is 6.54 Å². The molecule has 90 valence electrons. The van der Waals surface area contributed by atoms with Crippen molar-refractivity contribution in [1.82, 2.24) is 4.90 Å². The summed E-state index contributed by atoms with van der Waals surface area (Å²) in [6.45, 7) is 4.38. The predicted molar refractivity (Wildman–Crippen MR) is 67.7 cm³/mol. The lowest BCUT2D eigenvalue weighted by Gasteiger charge is -2.13. The second-order valence-electron chi connectivity index (χ2n) is 4.32. The molecule has 0 unspecified atom stereocenters. The van der Waals surface area contributed by atoms with Crippen LogP contribution in [0.25, 0.3) is 0 Å². The lowest BCUT2D eigenvalue weighted by molar-refractivity contribution is 0.279. The van der Waals surface area contributed by atoms with Crippen LogP contribution in [0, 0.1) is 6.92 Å². The molecule has 1 aromatic rings. The van der Waals surface area contributed by atoms with Gasteiger partial charge in [0.2, 0.25) is 0 Å². The molecular formula is C13H22N2O. The summed E-state index contributed by atoms with van der Waals surface area (Å²) in [6.07, 6.45) is 1.03. The molecule has 3 heteroatoms. The van der Waals surface area contributed by atoms with Gasteiger partial charge < -0.3 is 15.4 Å². The minimum Gasteiger partial charge on any atom is -0.493 e. The molecule has 0 radical (unpaired) electrons. The fourth-order valence-corrected chi connectivity index (χ4v) is 1.53. The van der Waals surface area contributed by atoms with Gasteiger partial charge in [-0.25, -0.2) is 0 Å². The van der Waals surface area contributed by atoms with Crippen molar-refractivity contribution in [2.45, 2.75) is 19.9 Å². The second-order valence-corrected chi connectivity index (χ2v) is 4.32. The van der Waals surface area contributed by atoms with E-state index in [9.17, 15) is 0 Å². The first-order chi connectivity index (χ1) is 7.63. The number of nitrogens with two attached hydrogens (primary N) is 1. The summed E-state index contributed by atoms with van der Waals surface area (Å²) >= 11 is 0. The first-order valence-corrected chi connectivity index (χ1v) is 5.70. The van der Waals surface area contributed by atoms with Gasteiger partial charge in [-0.1, -0.05) is 12.1 Å². The minimum absolute atomic E-state index is 0.531. The zero-order valence-corrected chi connectivity index (χ0v) is 10.5. The molecule has 0 heterocycles. The van der Waals surface area contributed by atoms with Crippen molar-refractivity contribution < 1.29 is 4.74 Å². The van der Waals surface area contributed by atoms with Gasteiger partial charge in [-0.2, -0.15) is 0 Å². The SMILES string of the molecule is Cc1ccc(CN)c(OCCCN(C)C)c1. The maximum absolute atomic E-state index is 5.75. The molecule has 0 aliphatic heterocycles. The van der Waals surface area contributed by atoms with E-state index >= 15 is 0 Å². The Morgan fingerprint density at radius 3 is 2.69 bits per heavy atom. The van der Waals surface area contributed by atoms with Gasteiger partial charge in [0.05, 0.1) is 6.61 Å². The van der Waals surface area contributed by atoms with Crippen LogP contribution >= 0.6 is 0 Å². The van der Waals surface area contributed by atoms with E-state index in [0.717, 1.165) is 30.9 Å². The van der Waals surface area contributed by atoms with Crippen molar-refractivity contribution in [3.8, 4) is 5.75 Å². The number of nitrogens with zero attached hydrogens (tertiary/aromatic N) is 1. The average Bonchev–Trinajstić information content (AvgIpc) is 2.24. The van der Waals surface area contributed by atoms with Crippen LogP contribution in [0.5, 0.6) is 5.75 Å². The summed E-state index contributed by atoms with van der Waals surface area (Å²) in [5, 5.41) is 0. The molecule has 0 bridgehead atoms. The third-order valence-electron chi connectivity index (χ3n) is 2.45. The maximum atomic E-state index is 5.75. The Morgan fingerprint density at radius 2 is 2.06 bits per heavy atom. The highest BCUT2D eigenvalue weighted by molar-refractivity contribution is 5.36. The topological polar surface area (TPSA) is 38.5 Å². The molecule has 0 fully saturated rings. The van der Waals surface area contributed by atoms with Gasteiger partial charge >= 0.3 is 0 Å². The summed E-state index contributed by atoms with van der Waals surface area (Å²) in [5.41, 5.74) is 7.95. The van der Waals surface area contributed by atoms with Crippen molar-refractivity contribution >= 4 is 0 Å². The molecule has 1 aromatic carbocycles. The molecule has 0 aromatic heterocycles. The van der Waals surface area contributed by atoms with Crippen LogP contribution < -0.4 is 10.5 Å². The molecule has 3 nitrogen and oxygen atoms in total. The summed E-state index contributed by atoms with van der Waals surface area (Å²) in [6, 6.07) is 6.16. The Bertz CT molecular complexity index is 324. The Labute approximate surface area is 98.2 Å². The number of aryl methyl sites for hydroxylation is 1. The zero-order valence-electron chi connectivity index (χ0n) is 10.5. The Balaban J connectivity index is 2.48. The Kier molecular flexibility index (Phi) is 5.29. The monoisotopic (exact) mass is 222 g/mol. The van der Waals surface area contributed by atoms with Crippen LogP contribution in [0.15, 0.2) is 18.2 Å². The van der Waals surface area contributed by atoms with Gasteiger partial charge in [0.15, 0.2) is 0 Å². The summed E-state index contributed by atoms with van der Waals surface area (Å²) in [5.74, 6) is 0.932. The molecular weight excluding hydrogens is 200 g/mol. The molecule has 0 aliphatic rings. The van der Waals surface area contributed by atoms with Crippen LogP contribution in [0.1, 0.15) is 17.5 Å². The van der Waals surface area contributed by atoms with Crippen molar-refractivity contribution in [3.05, 3.63) is 29.3 Å². The highest BCUT2D eigenvalue weighted by atomic mass is 16.5. The molecule has 0 saturated heterocycles. The highest BCUT2D eigenvalue weighted by Gasteiger charge is 2.02. The Hall–Kier alpha value is -1.06. The third-order valence-corrected chi connectivity index (χ3v) is 2.45. The Morgan fingerprint density at radius 1 is 1.31 bits per heavy atom. The molecule has 16 heavy (non-hydrogen) atoms. The van der Waals surface area contributed by atoms with E-state index in [1.807, 2.05) is 6.07 Å². The van der Waals surface area contributed by atoms with Crippen molar-refractivity contribution in [2.75, 3.05) is 27.2 Å². The van der Waals surface area contributed by atoms with Crippen LogP contribution in [-0.2, 0) is 6.54 Å². The number of ether oxygens (including phenoxy) is 1. The van der Waals surface area contributed by atoms with Crippen molar-refractivity contribution in [1.29, 1.82) is 0 Å². The van der Waals surface area contributed by atoms with Gasteiger partial charge in [-0.05, 0) is 39.1 Å². The fourth-order valence-electron chi connectivity index (χ4n) is 1.53. The summed E-state index contributed by atoms with van der Waals surface area (Å²) < 4.78 is 5.75. The highest BCUT2D eigenvalue weighted by Crippen LogP contribution is 2.19. The van der Waals surface area contributed by atoms with E-state index in [1.54, 1.807) is 0 Å². The number of hydrogen-bond donors (Lipinski definition) is 1. The molecule has 0 atom stereocenters. The van der Waals surface area contributed by atoms with E-state index in [2.05, 4.69) is 38.1 Å². The molecule has 0 aliphatic carbocycles. The number of benzene rings is 1. The third kappa shape index (κ3) is 4.21. The van der Waals surface area contributed by atoms with Gasteiger partial charge in [0, 0.05) is 18.7 Å². The van der Waals surface area contributed by atoms with Gasteiger partial charge in [0.1, 0.15) is 5.75 Å². The lowest BCUT2D eigenvalue weighted by atomic mass is 10.1. The van der Waals surface area contributed by atoms with Crippen molar-refractivity contribution in [2.24, 2.45) is 5.73 Å². The normalized spacial score (nSPS) is 10.8. The molecule has 0 spiro atoms. The van der Waals surface area contributed by atoms with E-state index < -0.39 is 0 Å². The molecule has 0 amide bonds. The van der Waals surface area contributed by atoms with E-state index in [-0.39, 0.29) is 0 Å². The van der Waals surface area contributed by atoms with E-state index in [4.69, 9.17) is 10.5 Å². The first-order valence-electron chi connectivity index (χ1n) is 5.70. The standard InChI is InChI=1S/C13H22N2O/c1-11-5-6-12(10-14)13(9-11)16-8-4-7-15(2)3/h5-6,9H,4,7-8,10,14H2,1-3H3.